The number of carbonyl (C=O) groups excluding carboxylic acids is 3. The van der Waals surface area contributed by atoms with E-state index in [0.717, 1.165) is 17.0 Å². The second-order valence-electron chi connectivity index (χ2n) is 8.02. The average Bonchev–Trinajstić information content (AvgIpc) is 3.09. The summed E-state index contributed by atoms with van der Waals surface area (Å²) < 4.78 is 37.2. The molecule has 1 saturated heterocycles. The molecule has 0 radical (unpaired) electrons. The summed E-state index contributed by atoms with van der Waals surface area (Å²) in [5.74, 6) is -1.20. The van der Waals surface area contributed by atoms with Gasteiger partial charge in [-0.1, -0.05) is 6.07 Å². The smallest absolute Gasteiger partial charge is 0.332 e. The van der Waals surface area contributed by atoms with E-state index in [2.05, 4.69) is 5.32 Å². The molecule has 1 aliphatic heterocycles. The van der Waals surface area contributed by atoms with E-state index in [9.17, 15) is 23.2 Å². The van der Waals surface area contributed by atoms with Crippen molar-refractivity contribution in [1.82, 2.24) is 4.90 Å². The number of urea groups is 1. The molecule has 3 aromatic carbocycles. The van der Waals surface area contributed by atoms with Crippen LogP contribution >= 0.6 is 0 Å². The highest BCUT2D eigenvalue weighted by atomic mass is 19.1. The zero-order valence-electron chi connectivity index (χ0n) is 19.5. The standard InChI is InChI=1S/C26H23F2N3O5/c1-35-22-12-3-16(13-23(22)36-2)15-30-21(14-24(32)29-19-8-4-17(27)5-9-19)25(33)31(26(30)34)20-10-6-18(28)7-11-20/h3-13,21H,14-15H2,1-2H3,(H,29,32). The van der Waals surface area contributed by atoms with Gasteiger partial charge in [-0.25, -0.2) is 18.5 Å². The van der Waals surface area contributed by atoms with Gasteiger partial charge in [0, 0.05) is 12.2 Å². The molecule has 0 saturated carbocycles. The van der Waals surface area contributed by atoms with Gasteiger partial charge in [-0.05, 0) is 66.2 Å². The van der Waals surface area contributed by atoms with Gasteiger partial charge >= 0.3 is 6.03 Å². The second kappa shape index (κ2) is 10.4. The number of ether oxygens (including phenoxy) is 2. The normalized spacial score (nSPS) is 15.3. The van der Waals surface area contributed by atoms with Crippen molar-refractivity contribution in [3.63, 3.8) is 0 Å². The van der Waals surface area contributed by atoms with E-state index in [0.29, 0.717) is 22.7 Å². The van der Waals surface area contributed by atoms with Gasteiger partial charge in [-0.15, -0.1) is 0 Å². The Balaban J connectivity index is 1.62. The highest BCUT2D eigenvalue weighted by molar-refractivity contribution is 6.22. The third-order valence-electron chi connectivity index (χ3n) is 5.71. The van der Waals surface area contributed by atoms with Crippen molar-refractivity contribution in [2.75, 3.05) is 24.4 Å². The largest absolute Gasteiger partial charge is 0.493 e. The van der Waals surface area contributed by atoms with Crippen LogP contribution in [-0.2, 0) is 16.1 Å². The van der Waals surface area contributed by atoms with Crippen LogP contribution in [0.15, 0.2) is 66.7 Å². The van der Waals surface area contributed by atoms with Crippen molar-refractivity contribution in [1.29, 1.82) is 0 Å². The Bertz CT molecular complexity index is 1280. The Hall–Kier alpha value is -4.47. The molecule has 1 heterocycles. The van der Waals surface area contributed by atoms with E-state index in [1.54, 1.807) is 18.2 Å². The van der Waals surface area contributed by atoms with Crippen LogP contribution in [0.2, 0.25) is 0 Å². The number of nitrogens with zero attached hydrogens (tertiary/aromatic N) is 2. The fraction of sp³-hybridized carbons (Fsp3) is 0.192. The predicted molar refractivity (Wildman–Crippen MR) is 128 cm³/mol. The molecule has 36 heavy (non-hydrogen) atoms. The predicted octanol–water partition coefficient (Wildman–Crippen LogP) is 4.35. The summed E-state index contributed by atoms with van der Waals surface area (Å²) in [4.78, 5) is 41.7. The lowest BCUT2D eigenvalue weighted by atomic mass is 10.1. The Labute approximate surface area is 206 Å². The van der Waals surface area contributed by atoms with E-state index in [4.69, 9.17) is 9.47 Å². The van der Waals surface area contributed by atoms with Gasteiger partial charge in [-0.3, -0.25) is 9.59 Å². The van der Waals surface area contributed by atoms with Gasteiger partial charge in [0.1, 0.15) is 17.7 Å². The van der Waals surface area contributed by atoms with E-state index in [-0.39, 0.29) is 18.7 Å². The molecule has 0 spiro atoms. The molecule has 0 bridgehead atoms. The summed E-state index contributed by atoms with van der Waals surface area (Å²) in [6.45, 7) is -0.00286. The van der Waals surface area contributed by atoms with Crippen LogP contribution in [0.25, 0.3) is 0 Å². The molecule has 1 N–H and O–H groups in total. The van der Waals surface area contributed by atoms with Gasteiger partial charge in [0.15, 0.2) is 11.5 Å². The van der Waals surface area contributed by atoms with Crippen LogP contribution in [0.3, 0.4) is 0 Å². The van der Waals surface area contributed by atoms with Crippen LogP contribution in [0.5, 0.6) is 11.5 Å². The van der Waals surface area contributed by atoms with Crippen molar-refractivity contribution in [2.45, 2.75) is 19.0 Å². The van der Waals surface area contributed by atoms with E-state index < -0.39 is 35.5 Å². The molecule has 4 amide bonds. The summed E-state index contributed by atoms with van der Waals surface area (Å²) in [7, 11) is 2.97. The first-order chi connectivity index (χ1) is 17.3. The van der Waals surface area contributed by atoms with Crippen LogP contribution < -0.4 is 19.7 Å². The minimum Gasteiger partial charge on any atom is -0.493 e. The minimum absolute atomic E-state index is 0.00286. The first-order valence-corrected chi connectivity index (χ1v) is 11.0. The van der Waals surface area contributed by atoms with Gasteiger partial charge < -0.3 is 19.7 Å². The van der Waals surface area contributed by atoms with E-state index in [1.165, 1.54) is 55.5 Å². The number of rotatable bonds is 8. The number of benzene rings is 3. The monoisotopic (exact) mass is 495 g/mol. The van der Waals surface area contributed by atoms with Crippen LogP contribution in [-0.4, -0.2) is 43.0 Å². The number of methoxy groups -OCH3 is 2. The number of hydrogen-bond acceptors (Lipinski definition) is 5. The van der Waals surface area contributed by atoms with Gasteiger partial charge in [-0.2, -0.15) is 0 Å². The molecule has 0 aliphatic carbocycles. The first-order valence-electron chi connectivity index (χ1n) is 11.0. The molecule has 1 fully saturated rings. The van der Waals surface area contributed by atoms with E-state index in [1.807, 2.05) is 0 Å². The molecule has 1 unspecified atom stereocenters. The number of halogens is 2. The topological polar surface area (TPSA) is 88.2 Å². The van der Waals surface area contributed by atoms with Gasteiger partial charge in [0.25, 0.3) is 5.91 Å². The molecule has 1 atom stereocenters. The summed E-state index contributed by atoms with van der Waals surface area (Å²) in [5.41, 5.74) is 1.17. The second-order valence-corrected chi connectivity index (χ2v) is 8.02. The van der Waals surface area contributed by atoms with Crippen molar-refractivity contribution in [3.8, 4) is 11.5 Å². The lowest BCUT2D eigenvalue weighted by Gasteiger charge is -2.22. The third kappa shape index (κ3) is 5.12. The molecule has 10 heteroatoms. The fourth-order valence-electron chi connectivity index (χ4n) is 3.94. The van der Waals surface area contributed by atoms with Crippen LogP contribution in [0, 0.1) is 11.6 Å². The Kier molecular flexibility index (Phi) is 7.14. The van der Waals surface area contributed by atoms with E-state index >= 15 is 0 Å². The lowest BCUT2D eigenvalue weighted by Crippen LogP contribution is -2.37. The van der Waals surface area contributed by atoms with Crippen LogP contribution in [0.1, 0.15) is 12.0 Å². The maximum Gasteiger partial charge on any atom is 0.332 e. The third-order valence-corrected chi connectivity index (χ3v) is 5.71. The molecule has 0 aromatic heterocycles. The summed E-state index contributed by atoms with van der Waals surface area (Å²) in [5, 5.41) is 2.61. The minimum atomic E-state index is -1.13. The molecule has 4 rings (SSSR count). The molecule has 1 aliphatic rings. The Morgan fingerprint density at radius 2 is 1.50 bits per heavy atom. The quantitative estimate of drug-likeness (QED) is 0.470. The molecular weight excluding hydrogens is 472 g/mol. The number of imide groups is 1. The lowest BCUT2D eigenvalue weighted by molar-refractivity contribution is -0.124. The number of hydrogen-bond donors (Lipinski definition) is 1. The Morgan fingerprint density at radius 3 is 2.11 bits per heavy atom. The van der Waals surface area contributed by atoms with Gasteiger partial charge in [0.05, 0.1) is 26.3 Å². The van der Waals surface area contributed by atoms with Crippen molar-refractivity contribution < 1.29 is 32.6 Å². The van der Waals surface area contributed by atoms with Crippen LogP contribution in [0.4, 0.5) is 25.0 Å². The van der Waals surface area contributed by atoms with Crippen molar-refractivity contribution >= 4 is 29.2 Å². The van der Waals surface area contributed by atoms with Gasteiger partial charge in [0.2, 0.25) is 5.91 Å². The maximum atomic E-state index is 13.4. The number of carbonyl (C=O) groups is 3. The SMILES string of the molecule is COc1ccc(CN2C(=O)N(c3ccc(F)cc3)C(=O)C2CC(=O)Nc2ccc(F)cc2)cc1OC. The molecule has 8 nitrogen and oxygen atoms in total. The van der Waals surface area contributed by atoms with Crippen molar-refractivity contribution in [3.05, 3.63) is 83.9 Å². The zero-order chi connectivity index (χ0) is 25.8. The fourth-order valence-corrected chi connectivity index (χ4v) is 3.94. The average molecular weight is 495 g/mol. The molecule has 3 aromatic rings. The highest BCUT2D eigenvalue weighted by Crippen LogP contribution is 2.32. The number of amides is 4. The highest BCUT2D eigenvalue weighted by Gasteiger charge is 2.46. The Morgan fingerprint density at radius 1 is 0.889 bits per heavy atom. The summed E-state index contributed by atoms with van der Waals surface area (Å²) in [6.07, 6.45) is -0.340. The molecule has 186 valence electrons. The summed E-state index contributed by atoms with van der Waals surface area (Å²) >= 11 is 0. The van der Waals surface area contributed by atoms with Crippen molar-refractivity contribution in [2.24, 2.45) is 0 Å². The molecular formula is C26H23F2N3O5. The summed E-state index contributed by atoms with van der Waals surface area (Å²) in [6, 6.07) is 13.4. The number of nitrogens with one attached hydrogen (secondary N) is 1. The number of anilines is 2. The zero-order valence-corrected chi connectivity index (χ0v) is 19.5. The first kappa shape index (κ1) is 24.6. The maximum absolute atomic E-state index is 13.4.